The van der Waals surface area contributed by atoms with E-state index in [4.69, 9.17) is 24.7 Å². The summed E-state index contributed by atoms with van der Waals surface area (Å²) in [6.45, 7) is 6.93. The van der Waals surface area contributed by atoms with E-state index < -0.39 is 6.23 Å². The van der Waals surface area contributed by atoms with Crippen molar-refractivity contribution in [2.45, 2.75) is 18.6 Å². The van der Waals surface area contributed by atoms with E-state index in [0.29, 0.717) is 48.3 Å². The van der Waals surface area contributed by atoms with Crippen molar-refractivity contribution < 1.29 is 9.84 Å². The number of piperazine rings is 1. The first-order valence-corrected chi connectivity index (χ1v) is 12.1. The van der Waals surface area contributed by atoms with Gasteiger partial charge in [0, 0.05) is 45.3 Å². The molecule has 2 saturated heterocycles. The Morgan fingerprint density at radius 3 is 2.56 bits per heavy atom. The molecule has 0 radical (unpaired) electrons. The van der Waals surface area contributed by atoms with Crippen LogP contribution >= 0.6 is 12.6 Å². The summed E-state index contributed by atoms with van der Waals surface area (Å²) in [6, 6.07) is 9.87. The predicted octanol–water partition coefficient (Wildman–Crippen LogP) is 1.36. The minimum Gasteiger partial charge on any atom is -0.374 e. The highest BCUT2D eigenvalue weighted by Gasteiger charge is 2.27. The summed E-state index contributed by atoms with van der Waals surface area (Å²) >= 11 is 4.54. The van der Waals surface area contributed by atoms with Gasteiger partial charge >= 0.3 is 0 Å². The van der Waals surface area contributed by atoms with Gasteiger partial charge in [-0.1, -0.05) is 30.3 Å². The van der Waals surface area contributed by atoms with Gasteiger partial charge in [-0.2, -0.15) is 9.97 Å². The number of anilines is 3. The van der Waals surface area contributed by atoms with Crippen LogP contribution in [-0.4, -0.2) is 89.6 Å². The minimum absolute atomic E-state index is 0.205. The number of benzene rings is 1. The maximum absolute atomic E-state index is 10.3. The summed E-state index contributed by atoms with van der Waals surface area (Å²) in [6.07, 6.45) is -0.743. The summed E-state index contributed by atoms with van der Waals surface area (Å²) in [7, 11) is 1.81. The number of rotatable bonds is 5. The van der Waals surface area contributed by atoms with Crippen LogP contribution in [0.15, 0.2) is 30.3 Å². The Kier molecular flexibility index (Phi) is 6.68. The second-order valence-electron chi connectivity index (χ2n) is 8.53. The molecule has 0 amide bonds. The van der Waals surface area contributed by atoms with E-state index in [0.717, 1.165) is 37.6 Å². The van der Waals surface area contributed by atoms with E-state index in [1.165, 1.54) is 0 Å². The molecule has 2 aliphatic rings. The molecule has 180 valence electrons. The molecular weight excluding hydrogens is 452 g/mol. The van der Waals surface area contributed by atoms with Crippen molar-refractivity contribution in [2.75, 3.05) is 67.6 Å². The number of hydrogen-bond donors (Lipinski definition) is 3. The van der Waals surface area contributed by atoms with E-state index in [2.05, 4.69) is 27.7 Å². The lowest BCUT2D eigenvalue weighted by Gasteiger charge is -2.33. The first-order chi connectivity index (χ1) is 16.5. The number of aromatic nitrogens is 4. The Balaban J connectivity index is 1.73. The molecule has 2 aromatic heterocycles. The molecular formula is C23H30N8O2S. The SMILES string of the molecule is CC(O)N(C)c1nc2nc(N3CCNCC3)nc(N3CCOC(S)C3)c2nc1-c1ccccc1. The number of thiol groups is 1. The average molecular weight is 483 g/mol. The van der Waals surface area contributed by atoms with Gasteiger partial charge in [-0.15, -0.1) is 12.6 Å². The molecule has 0 bridgehead atoms. The summed E-state index contributed by atoms with van der Waals surface area (Å²) in [5.74, 6) is 1.94. The number of aliphatic hydroxyl groups is 1. The molecule has 0 saturated carbocycles. The molecule has 2 N–H and O–H groups in total. The maximum Gasteiger partial charge on any atom is 0.229 e. The van der Waals surface area contributed by atoms with Crippen molar-refractivity contribution >= 4 is 41.4 Å². The van der Waals surface area contributed by atoms with Gasteiger partial charge in [0.25, 0.3) is 0 Å². The van der Waals surface area contributed by atoms with E-state index in [9.17, 15) is 5.11 Å². The Morgan fingerprint density at radius 2 is 1.85 bits per heavy atom. The Hall–Kier alpha value is -2.73. The number of nitrogens with zero attached hydrogens (tertiary/aromatic N) is 7. The van der Waals surface area contributed by atoms with Crippen LogP contribution in [0.5, 0.6) is 0 Å². The average Bonchev–Trinajstić information content (AvgIpc) is 2.87. The third-order valence-corrected chi connectivity index (χ3v) is 6.48. The second-order valence-corrected chi connectivity index (χ2v) is 9.11. The van der Waals surface area contributed by atoms with Gasteiger partial charge in [0.15, 0.2) is 22.8 Å². The largest absolute Gasteiger partial charge is 0.374 e. The normalized spacial score (nSPS) is 19.9. The lowest BCUT2D eigenvalue weighted by Crippen LogP contribution is -2.45. The number of hydrogen-bond acceptors (Lipinski definition) is 11. The standard InChI is InChI=1S/C23H30N8O2S/c1-15(32)29(2)21-18(16-6-4-3-5-7-16)25-19-20(26-21)27-23(30-10-8-24-9-11-30)28-22(19)31-12-13-33-17(34)14-31/h3-7,15,17,24,32,34H,8-14H2,1-2H3. The number of fused-ring (bicyclic) bond motifs is 1. The predicted molar refractivity (Wildman–Crippen MR) is 137 cm³/mol. The van der Waals surface area contributed by atoms with Gasteiger partial charge < -0.3 is 29.9 Å². The topological polar surface area (TPSA) is 103 Å². The number of ether oxygens (including phenoxy) is 1. The van der Waals surface area contributed by atoms with Gasteiger partial charge in [-0.05, 0) is 6.92 Å². The van der Waals surface area contributed by atoms with Crippen LogP contribution in [-0.2, 0) is 4.74 Å². The quantitative estimate of drug-likeness (QED) is 0.365. The number of aliphatic hydroxyl groups excluding tert-OH is 1. The van der Waals surface area contributed by atoms with Crippen LogP contribution in [0.3, 0.4) is 0 Å². The highest BCUT2D eigenvalue weighted by atomic mass is 32.1. The molecule has 4 heterocycles. The lowest BCUT2D eigenvalue weighted by atomic mass is 10.1. The summed E-state index contributed by atoms with van der Waals surface area (Å²) in [5, 5.41) is 13.7. The maximum atomic E-state index is 10.3. The lowest BCUT2D eigenvalue weighted by molar-refractivity contribution is 0.0994. The van der Waals surface area contributed by atoms with Crippen molar-refractivity contribution in [3.05, 3.63) is 30.3 Å². The van der Waals surface area contributed by atoms with Gasteiger partial charge in [0.05, 0.1) is 13.2 Å². The highest BCUT2D eigenvalue weighted by Crippen LogP contribution is 2.33. The fourth-order valence-electron chi connectivity index (χ4n) is 4.18. The molecule has 2 unspecified atom stereocenters. The van der Waals surface area contributed by atoms with Gasteiger partial charge in [0.2, 0.25) is 5.95 Å². The third kappa shape index (κ3) is 4.61. The van der Waals surface area contributed by atoms with Crippen molar-refractivity contribution in [1.29, 1.82) is 0 Å². The molecule has 2 atom stereocenters. The minimum atomic E-state index is -0.743. The summed E-state index contributed by atoms with van der Waals surface area (Å²) in [5.41, 5.74) is 2.51. The van der Waals surface area contributed by atoms with E-state index in [1.54, 1.807) is 18.9 Å². The summed E-state index contributed by atoms with van der Waals surface area (Å²) in [4.78, 5) is 25.8. The number of morpholine rings is 1. The zero-order valence-electron chi connectivity index (χ0n) is 19.4. The molecule has 11 heteroatoms. The van der Waals surface area contributed by atoms with Crippen LogP contribution in [0.2, 0.25) is 0 Å². The zero-order valence-corrected chi connectivity index (χ0v) is 20.3. The molecule has 2 fully saturated rings. The zero-order chi connectivity index (χ0) is 23.7. The van der Waals surface area contributed by atoms with Crippen LogP contribution in [0.4, 0.5) is 17.6 Å². The molecule has 0 aliphatic carbocycles. The first-order valence-electron chi connectivity index (χ1n) is 11.6. The molecule has 3 aromatic rings. The van der Waals surface area contributed by atoms with Crippen molar-refractivity contribution in [3.63, 3.8) is 0 Å². The van der Waals surface area contributed by atoms with Crippen molar-refractivity contribution in [2.24, 2.45) is 0 Å². The van der Waals surface area contributed by atoms with E-state index in [1.807, 2.05) is 30.3 Å². The van der Waals surface area contributed by atoms with Gasteiger partial charge in [-0.25, -0.2) is 9.97 Å². The van der Waals surface area contributed by atoms with Crippen LogP contribution in [0.1, 0.15) is 6.92 Å². The summed E-state index contributed by atoms with van der Waals surface area (Å²) < 4.78 is 5.65. The molecule has 1 aromatic carbocycles. The fraction of sp³-hybridized carbons (Fsp3) is 0.478. The Morgan fingerprint density at radius 1 is 1.09 bits per heavy atom. The fourth-order valence-corrected chi connectivity index (χ4v) is 4.48. The van der Waals surface area contributed by atoms with E-state index in [-0.39, 0.29) is 5.44 Å². The number of nitrogens with one attached hydrogen (secondary N) is 1. The smallest absolute Gasteiger partial charge is 0.229 e. The Bertz CT molecular complexity index is 1140. The third-order valence-electron chi connectivity index (χ3n) is 6.17. The van der Waals surface area contributed by atoms with Gasteiger partial charge in [-0.3, -0.25) is 0 Å². The van der Waals surface area contributed by atoms with Crippen LogP contribution in [0, 0.1) is 0 Å². The first kappa shape index (κ1) is 23.0. The Labute approximate surface area is 204 Å². The second kappa shape index (κ2) is 9.87. The highest BCUT2D eigenvalue weighted by molar-refractivity contribution is 7.80. The van der Waals surface area contributed by atoms with Crippen molar-refractivity contribution in [3.8, 4) is 11.3 Å². The molecule has 2 aliphatic heterocycles. The van der Waals surface area contributed by atoms with Gasteiger partial charge in [0.1, 0.15) is 17.4 Å². The monoisotopic (exact) mass is 482 g/mol. The van der Waals surface area contributed by atoms with Crippen LogP contribution in [0.25, 0.3) is 22.4 Å². The molecule has 0 spiro atoms. The van der Waals surface area contributed by atoms with Crippen LogP contribution < -0.4 is 20.0 Å². The molecule has 34 heavy (non-hydrogen) atoms. The molecule has 10 nitrogen and oxygen atoms in total. The van der Waals surface area contributed by atoms with Crippen molar-refractivity contribution in [1.82, 2.24) is 25.3 Å². The van der Waals surface area contributed by atoms with E-state index >= 15 is 0 Å². The molecule has 5 rings (SSSR count).